The van der Waals surface area contributed by atoms with Crippen LogP contribution >= 0.6 is 11.3 Å². The molecule has 0 aliphatic heterocycles. The lowest BCUT2D eigenvalue weighted by Crippen LogP contribution is -2.11. The molecule has 244 valence electrons. The summed E-state index contributed by atoms with van der Waals surface area (Å²) in [5.41, 5.74) is 10.7. The first-order valence-electron chi connectivity index (χ1n) is 17.8. The second kappa shape index (κ2) is 12.7. The van der Waals surface area contributed by atoms with Gasteiger partial charge >= 0.3 is 0 Å². The second-order valence-electron chi connectivity index (χ2n) is 13.4. The molecular formula is C50H33NS. The molecule has 0 atom stereocenters. The van der Waals surface area contributed by atoms with E-state index in [1.165, 1.54) is 80.8 Å². The van der Waals surface area contributed by atoms with E-state index in [0.717, 1.165) is 11.4 Å². The van der Waals surface area contributed by atoms with E-state index in [9.17, 15) is 0 Å². The van der Waals surface area contributed by atoms with Crippen LogP contribution in [0.5, 0.6) is 0 Å². The highest BCUT2D eigenvalue weighted by Gasteiger charge is 2.21. The van der Waals surface area contributed by atoms with Crippen LogP contribution < -0.4 is 4.90 Å². The first-order chi connectivity index (χ1) is 25.8. The van der Waals surface area contributed by atoms with E-state index >= 15 is 0 Å². The number of para-hydroxylation sites is 1. The molecule has 10 rings (SSSR count). The fourth-order valence-electron chi connectivity index (χ4n) is 7.66. The zero-order chi connectivity index (χ0) is 34.4. The Kier molecular flexibility index (Phi) is 7.41. The third-order valence-corrected chi connectivity index (χ3v) is 11.4. The van der Waals surface area contributed by atoms with Crippen LogP contribution in [-0.4, -0.2) is 0 Å². The lowest BCUT2D eigenvalue weighted by atomic mass is 9.96. The summed E-state index contributed by atoms with van der Waals surface area (Å²) in [6, 6.07) is 73.0. The molecule has 0 spiro atoms. The van der Waals surface area contributed by atoms with Crippen molar-refractivity contribution in [2.75, 3.05) is 4.90 Å². The predicted octanol–water partition coefficient (Wildman–Crippen LogP) is 14.8. The van der Waals surface area contributed by atoms with Gasteiger partial charge in [0.1, 0.15) is 0 Å². The number of anilines is 3. The van der Waals surface area contributed by atoms with Crippen LogP contribution in [0.2, 0.25) is 0 Å². The Balaban J connectivity index is 1.06. The SMILES string of the molecule is c1ccc(-c2ccccc2N(c2ccc(-c3ccc4cc(-c5ccc6ccccc6c5)ccc4c3)cc2)c2cccc3sc4ccccc4c23)cc1. The number of fused-ring (bicyclic) bond motifs is 5. The standard InChI is InChI=1S/C50H33NS/c1-2-12-36(13-3-1)44-15-6-8-17-46(44)51(47-18-10-20-49-50(47)45-16-7-9-19-48(45)52-49)43-29-27-35(28-30-43)38-23-24-41-33-42(26-25-40(41)32-38)39-22-21-34-11-4-5-14-37(34)31-39/h1-33H. The van der Waals surface area contributed by atoms with Crippen molar-refractivity contribution in [3.8, 4) is 33.4 Å². The first kappa shape index (κ1) is 30.4. The molecule has 0 radical (unpaired) electrons. The van der Waals surface area contributed by atoms with Crippen LogP contribution in [0.4, 0.5) is 17.1 Å². The largest absolute Gasteiger partial charge is 0.309 e. The molecule has 0 bridgehead atoms. The molecule has 0 saturated heterocycles. The summed E-state index contributed by atoms with van der Waals surface area (Å²) in [7, 11) is 0. The fraction of sp³-hybridized carbons (Fsp3) is 0. The average molecular weight is 680 g/mol. The van der Waals surface area contributed by atoms with Crippen LogP contribution in [0.25, 0.3) is 75.1 Å². The molecule has 0 unspecified atom stereocenters. The quantitative estimate of drug-likeness (QED) is 0.169. The van der Waals surface area contributed by atoms with Crippen molar-refractivity contribution in [2.45, 2.75) is 0 Å². The molecule has 1 heterocycles. The number of nitrogens with zero attached hydrogens (tertiary/aromatic N) is 1. The van der Waals surface area contributed by atoms with Crippen LogP contribution in [0.1, 0.15) is 0 Å². The summed E-state index contributed by atoms with van der Waals surface area (Å²) in [5.74, 6) is 0. The van der Waals surface area contributed by atoms with E-state index < -0.39 is 0 Å². The minimum Gasteiger partial charge on any atom is -0.309 e. The second-order valence-corrected chi connectivity index (χ2v) is 14.4. The Hall–Kier alpha value is -6.48. The van der Waals surface area contributed by atoms with Gasteiger partial charge in [0.05, 0.1) is 11.4 Å². The van der Waals surface area contributed by atoms with E-state index in [0.29, 0.717) is 0 Å². The van der Waals surface area contributed by atoms with Crippen molar-refractivity contribution in [3.05, 3.63) is 200 Å². The molecule has 10 aromatic rings. The number of hydrogen-bond donors (Lipinski definition) is 0. The fourth-order valence-corrected chi connectivity index (χ4v) is 8.78. The predicted molar refractivity (Wildman–Crippen MR) is 225 cm³/mol. The monoisotopic (exact) mass is 679 g/mol. The summed E-state index contributed by atoms with van der Waals surface area (Å²) < 4.78 is 2.59. The molecule has 1 nitrogen and oxygen atoms in total. The van der Waals surface area contributed by atoms with Crippen molar-refractivity contribution in [2.24, 2.45) is 0 Å². The average Bonchev–Trinajstić information content (AvgIpc) is 3.61. The molecule has 0 fully saturated rings. The maximum Gasteiger partial charge on any atom is 0.0555 e. The van der Waals surface area contributed by atoms with Gasteiger partial charge in [0.2, 0.25) is 0 Å². The van der Waals surface area contributed by atoms with E-state index in [2.05, 4.69) is 205 Å². The highest BCUT2D eigenvalue weighted by molar-refractivity contribution is 7.26. The molecular weight excluding hydrogens is 647 g/mol. The van der Waals surface area contributed by atoms with E-state index in [-0.39, 0.29) is 0 Å². The topological polar surface area (TPSA) is 3.24 Å². The van der Waals surface area contributed by atoms with E-state index in [1.54, 1.807) is 0 Å². The van der Waals surface area contributed by atoms with Crippen molar-refractivity contribution in [3.63, 3.8) is 0 Å². The molecule has 1 aromatic heterocycles. The van der Waals surface area contributed by atoms with Gasteiger partial charge in [0, 0.05) is 31.4 Å². The molecule has 0 aliphatic carbocycles. The van der Waals surface area contributed by atoms with Gasteiger partial charge in [0.15, 0.2) is 0 Å². The van der Waals surface area contributed by atoms with Crippen LogP contribution in [-0.2, 0) is 0 Å². The van der Waals surface area contributed by atoms with Crippen molar-refractivity contribution >= 4 is 70.1 Å². The Morgan fingerprint density at radius 1 is 0.327 bits per heavy atom. The van der Waals surface area contributed by atoms with Crippen LogP contribution in [0.15, 0.2) is 200 Å². The van der Waals surface area contributed by atoms with Gasteiger partial charge in [-0.05, 0) is 104 Å². The Morgan fingerprint density at radius 3 is 1.63 bits per heavy atom. The Morgan fingerprint density at radius 2 is 0.865 bits per heavy atom. The maximum atomic E-state index is 2.45. The lowest BCUT2D eigenvalue weighted by molar-refractivity contribution is 1.30. The lowest BCUT2D eigenvalue weighted by Gasteiger charge is -2.29. The van der Waals surface area contributed by atoms with Gasteiger partial charge < -0.3 is 4.90 Å². The van der Waals surface area contributed by atoms with Crippen molar-refractivity contribution in [1.82, 2.24) is 0 Å². The highest BCUT2D eigenvalue weighted by Crippen LogP contribution is 2.47. The Bertz CT molecular complexity index is 2900. The third kappa shape index (κ3) is 5.33. The zero-order valence-corrected chi connectivity index (χ0v) is 29.2. The molecule has 0 amide bonds. The van der Waals surface area contributed by atoms with Crippen molar-refractivity contribution in [1.29, 1.82) is 0 Å². The summed E-state index contributed by atoms with van der Waals surface area (Å²) in [4.78, 5) is 2.45. The van der Waals surface area contributed by atoms with Gasteiger partial charge in [-0.1, -0.05) is 146 Å². The summed E-state index contributed by atoms with van der Waals surface area (Å²) in [5, 5.41) is 7.58. The maximum absolute atomic E-state index is 2.45. The van der Waals surface area contributed by atoms with Gasteiger partial charge in [-0.3, -0.25) is 0 Å². The smallest absolute Gasteiger partial charge is 0.0555 e. The molecule has 0 N–H and O–H groups in total. The van der Waals surface area contributed by atoms with Crippen LogP contribution in [0, 0.1) is 0 Å². The molecule has 0 aliphatic rings. The summed E-state index contributed by atoms with van der Waals surface area (Å²) in [6.07, 6.45) is 0. The Labute approximate surface area is 307 Å². The highest BCUT2D eigenvalue weighted by atomic mass is 32.1. The van der Waals surface area contributed by atoms with E-state index in [1.807, 2.05) is 11.3 Å². The van der Waals surface area contributed by atoms with Gasteiger partial charge in [-0.25, -0.2) is 0 Å². The minimum absolute atomic E-state index is 1.12. The number of benzene rings is 9. The number of rotatable bonds is 6. The summed E-state index contributed by atoms with van der Waals surface area (Å²) >= 11 is 1.86. The molecule has 52 heavy (non-hydrogen) atoms. The number of hydrogen-bond acceptors (Lipinski definition) is 2. The number of thiophene rings is 1. The molecule has 2 heteroatoms. The minimum atomic E-state index is 1.12. The molecule has 0 saturated carbocycles. The van der Waals surface area contributed by atoms with Crippen LogP contribution in [0.3, 0.4) is 0 Å². The van der Waals surface area contributed by atoms with Gasteiger partial charge in [-0.2, -0.15) is 0 Å². The normalized spacial score (nSPS) is 11.5. The third-order valence-electron chi connectivity index (χ3n) is 10.2. The van der Waals surface area contributed by atoms with Gasteiger partial charge in [0.25, 0.3) is 0 Å². The first-order valence-corrected chi connectivity index (χ1v) is 18.6. The zero-order valence-electron chi connectivity index (χ0n) is 28.4. The summed E-state index contributed by atoms with van der Waals surface area (Å²) in [6.45, 7) is 0. The van der Waals surface area contributed by atoms with E-state index in [4.69, 9.17) is 0 Å². The van der Waals surface area contributed by atoms with Crippen molar-refractivity contribution < 1.29 is 0 Å². The molecule has 9 aromatic carbocycles. The van der Waals surface area contributed by atoms with Gasteiger partial charge in [-0.15, -0.1) is 11.3 Å².